The zero-order valence-corrected chi connectivity index (χ0v) is 16.5. The minimum absolute atomic E-state index is 0.255. The van der Waals surface area contributed by atoms with E-state index in [1.54, 1.807) is 19.1 Å². The largest absolute Gasteiger partial charge is 0.419 e. The zero-order valence-electron chi connectivity index (χ0n) is 16.5. The maximum atomic E-state index is 14.2. The smallest absolute Gasteiger partial charge is 0.390 e. The molecule has 1 unspecified atom stereocenters. The zero-order chi connectivity index (χ0) is 21.6. The number of nitrogens with zero attached hydrogens (tertiary/aromatic N) is 3. The van der Waals surface area contributed by atoms with Gasteiger partial charge in [-0.25, -0.2) is 9.37 Å². The van der Waals surface area contributed by atoms with Gasteiger partial charge >= 0.3 is 6.18 Å². The molecule has 0 fully saturated rings. The van der Waals surface area contributed by atoms with Crippen LogP contribution < -0.4 is 5.32 Å². The molecule has 29 heavy (non-hydrogen) atoms. The number of benzene rings is 1. The van der Waals surface area contributed by atoms with Crippen molar-refractivity contribution in [2.24, 2.45) is 5.41 Å². The van der Waals surface area contributed by atoms with Crippen LogP contribution in [0.3, 0.4) is 0 Å². The highest BCUT2D eigenvalue weighted by Gasteiger charge is 2.35. The Bertz CT molecular complexity index is 1040. The Morgan fingerprint density at radius 1 is 1.14 bits per heavy atom. The predicted octanol–water partition coefficient (Wildman–Crippen LogP) is 4.89. The number of aliphatic hydroxyl groups excluding tert-OH is 1. The van der Waals surface area contributed by atoms with Crippen molar-refractivity contribution in [3.63, 3.8) is 0 Å². The van der Waals surface area contributed by atoms with E-state index >= 15 is 0 Å². The van der Waals surface area contributed by atoms with E-state index in [0.717, 1.165) is 12.1 Å². The van der Waals surface area contributed by atoms with E-state index in [1.807, 2.05) is 20.8 Å². The number of nitrogens with one attached hydrogen (secondary N) is 1. The third kappa shape index (κ3) is 4.34. The van der Waals surface area contributed by atoms with Crippen molar-refractivity contribution in [1.82, 2.24) is 14.6 Å². The molecule has 0 bridgehead atoms. The third-order valence-corrected chi connectivity index (χ3v) is 4.56. The van der Waals surface area contributed by atoms with Crippen molar-refractivity contribution in [3.8, 4) is 0 Å². The summed E-state index contributed by atoms with van der Waals surface area (Å²) in [5.41, 5.74) is 0.246. The van der Waals surface area contributed by atoms with Crippen LogP contribution in [0.4, 0.5) is 23.4 Å². The topological polar surface area (TPSA) is 62.5 Å². The van der Waals surface area contributed by atoms with Gasteiger partial charge < -0.3 is 10.4 Å². The fourth-order valence-corrected chi connectivity index (χ4v) is 3.22. The summed E-state index contributed by atoms with van der Waals surface area (Å²) >= 11 is 0. The molecule has 1 atom stereocenters. The van der Waals surface area contributed by atoms with Crippen LogP contribution in [0.15, 0.2) is 30.3 Å². The van der Waals surface area contributed by atoms with Gasteiger partial charge in [0, 0.05) is 17.8 Å². The molecule has 2 aromatic heterocycles. The predicted molar refractivity (Wildman–Crippen MR) is 101 cm³/mol. The maximum Gasteiger partial charge on any atom is 0.419 e. The first kappa shape index (κ1) is 21.0. The van der Waals surface area contributed by atoms with Crippen LogP contribution in [0, 0.1) is 18.2 Å². The van der Waals surface area contributed by atoms with Crippen LogP contribution in [0.25, 0.3) is 5.65 Å². The van der Waals surface area contributed by atoms with Crippen LogP contribution in [0.2, 0.25) is 0 Å². The van der Waals surface area contributed by atoms with Crippen molar-refractivity contribution in [3.05, 3.63) is 58.7 Å². The molecular formula is C20H22F4N4O. The molecule has 0 amide bonds. The van der Waals surface area contributed by atoms with E-state index < -0.39 is 29.0 Å². The van der Waals surface area contributed by atoms with Crippen molar-refractivity contribution in [1.29, 1.82) is 0 Å². The summed E-state index contributed by atoms with van der Waals surface area (Å²) in [6.07, 6.45) is -4.75. The van der Waals surface area contributed by atoms with E-state index in [-0.39, 0.29) is 6.61 Å². The average molecular weight is 410 g/mol. The monoisotopic (exact) mass is 410 g/mol. The summed E-state index contributed by atoms with van der Waals surface area (Å²) < 4.78 is 54.5. The highest BCUT2D eigenvalue weighted by molar-refractivity contribution is 5.52. The second-order valence-electron chi connectivity index (χ2n) is 8.03. The minimum Gasteiger partial charge on any atom is -0.390 e. The van der Waals surface area contributed by atoms with E-state index in [2.05, 4.69) is 15.4 Å². The van der Waals surface area contributed by atoms with Crippen molar-refractivity contribution in [2.45, 2.75) is 46.5 Å². The summed E-state index contributed by atoms with van der Waals surface area (Å²) in [4.78, 5) is 4.36. The van der Waals surface area contributed by atoms with Crippen LogP contribution in [-0.4, -0.2) is 19.7 Å². The van der Waals surface area contributed by atoms with E-state index in [0.29, 0.717) is 28.4 Å². The Morgan fingerprint density at radius 3 is 2.38 bits per heavy atom. The molecule has 5 nitrogen and oxygen atoms in total. The van der Waals surface area contributed by atoms with Gasteiger partial charge in [-0.3, -0.25) is 0 Å². The molecule has 0 saturated carbocycles. The average Bonchev–Trinajstić information content (AvgIpc) is 3.00. The first-order chi connectivity index (χ1) is 13.4. The van der Waals surface area contributed by atoms with E-state index in [4.69, 9.17) is 0 Å². The lowest BCUT2D eigenvalue weighted by Gasteiger charge is -2.33. The Kier molecular flexibility index (Phi) is 5.29. The second-order valence-corrected chi connectivity index (χ2v) is 8.03. The molecule has 3 aromatic rings. The first-order valence-corrected chi connectivity index (χ1v) is 9.00. The number of aliphatic hydroxyl groups is 1. The van der Waals surface area contributed by atoms with Gasteiger partial charge in [0.1, 0.15) is 11.6 Å². The molecule has 0 radical (unpaired) electrons. The molecule has 0 spiro atoms. The maximum absolute atomic E-state index is 14.2. The standard InChI is InChI=1S/C20H22F4N4O/c1-11-7-16(28-17(25-11)9-13(10-29)27-28)26-18(19(2,3)4)12-5-6-14(15(21)8-12)20(22,23)24/h5-9,18,26,29H,10H2,1-4H3. The van der Waals surface area contributed by atoms with E-state index in [9.17, 15) is 22.7 Å². The highest BCUT2D eigenvalue weighted by Crippen LogP contribution is 2.38. The molecule has 9 heteroatoms. The first-order valence-electron chi connectivity index (χ1n) is 9.00. The SMILES string of the molecule is Cc1cc(NC(c2ccc(C(F)(F)F)c(F)c2)C(C)(C)C)n2nc(CO)cc2n1. The van der Waals surface area contributed by atoms with Gasteiger partial charge in [0.05, 0.1) is 23.9 Å². The molecule has 0 aliphatic carbocycles. The Labute approximate surface area is 165 Å². The number of fused-ring (bicyclic) bond motifs is 1. The molecular weight excluding hydrogens is 388 g/mol. The third-order valence-electron chi connectivity index (χ3n) is 4.56. The number of halogens is 4. The van der Waals surface area contributed by atoms with Gasteiger partial charge in [0.25, 0.3) is 0 Å². The minimum atomic E-state index is -4.75. The fourth-order valence-electron chi connectivity index (χ4n) is 3.22. The lowest BCUT2D eigenvalue weighted by molar-refractivity contribution is -0.140. The normalized spacial score (nSPS) is 13.7. The summed E-state index contributed by atoms with van der Waals surface area (Å²) in [6.45, 7) is 7.23. The molecule has 0 aliphatic rings. The molecule has 0 saturated heterocycles. The fraction of sp³-hybridized carbons (Fsp3) is 0.400. The van der Waals surface area contributed by atoms with Gasteiger partial charge in [-0.05, 0) is 30.0 Å². The van der Waals surface area contributed by atoms with Gasteiger partial charge in [-0.15, -0.1) is 0 Å². The number of alkyl halides is 3. The molecule has 1 aromatic carbocycles. The van der Waals surface area contributed by atoms with Crippen LogP contribution in [-0.2, 0) is 12.8 Å². The Balaban J connectivity index is 2.07. The molecule has 0 aliphatic heterocycles. The summed E-state index contributed by atoms with van der Waals surface area (Å²) in [7, 11) is 0. The number of aromatic nitrogens is 3. The molecule has 156 valence electrons. The van der Waals surface area contributed by atoms with Crippen molar-refractivity contribution < 1.29 is 22.7 Å². The molecule has 2 heterocycles. The quantitative estimate of drug-likeness (QED) is 0.602. The lowest BCUT2D eigenvalue weighted by atomic mass is 9.82. The Morgan fingerprint density at radius 2 is 1.83 bits per heavy atom. The number of hydrogen-bond donors (Lipinski definition) is 2. The van der Waals surface area contributed by atoms with Gasteiger partial charge in [-0.2, -0.15) is 22.8 Å². The van der Waals surface area contributed by atoms with E-state index in [1.165, 1.54) is 10.6 Å². The lowest BCUT2D eigenvalue weighted by Crippen LogP contribution is -2.27. The van der Waals surface area contributed by atoms with Crippen LogP contribution in [0.1, 0.15) is 49.3 Å². The van der Waals surface area contributed by atoms with Crippen LogP contribution in [0.5, 0.6) is 0 Å². The molecule has 2 N–H and O–H groups in total. The summed E-state index contributed by atoms with van der Waals surface area (Å²) in [5, 5.41) is 16.9. The number of rotatable bonds is 4. The highest BCUT2D eigenvalue weighted by atomic mass is 19.4. The summed E-state index contributed by atoms with van der Waals surface area (Å²) in [5.74, 6) is -0.781. The van der Waals surface area contributed by atoms with Crippen molar-refractivity contribution >= 4 is 11.5 Å². The number of hydrogen-bond acceptors (Lipinski definition) is 4. The number of aryl methyl sites for hydroxylation is 1. The molecule has 3 rings (SSSR count). The van der Waals surface area contributed by atoms with Gasteiger partial charge in [0.2, 0.25) is 0 Å². The Hall–Kier alpha value is -2.68. The van der Waals surface area contributed by atoms with Gasteiger partial charge in [-0.1, -0.05) is 26.8 Å². The summed E-state index contributed by atoms with van der Waals surface area (Å²) in [6, 6.07) is 5.81. The van der Waals surface area contributed by atoms with Gasteiger partial charge in [0.15, 0.2) is 5.65 Å². The second kappa shape index (κ2) is 7.29. The van der Waals surface area contributed by atoms with Crippen LogP contribution >= 0.6 is 0 Å². The van der Waals surface area contributed by atoms with Crippen molar-refractivity contribution in [2.75, 3.05) is 5.32 Å². The number of anilines is 1.